The molecule has 4 aromatic rings. The van der Waals surface area contributed by atoms with Gasteiger partial charge in [-0.2, -0.15) is 0 Å². The first kappa shape index (κ1) is 27.5. The number of urea groups is 1. The Labute approximate surface area is 240 Å². The topological polar surface area (TPSA) is 100 Å². The number of fused-ring (bicyclic) bond motifs is 3. The molecule has 0 saturated carbocycles. The maximum absolute atomic E-state index is 15.2. The second-order valence-corrected chi connectivity index (χ2v) is 9.98. The normalized spacial score (nSPS) is 15.6. The zero-order chi connectivity index (χ0) is 29.1. The number of pyridine rings is 1. The van der Waals surface area contributed by atoms with E-state index < -0.39 is 17.9 Å². The van der Waals surface area contributed by atoms with Gasteiger partial charge in [-0.05, 0) is 42.8 Å². The summed E-state index contributed by atoms with van der Waals surface area (Å²) in [5.41, 5.74) is 1.50. The van der Waals surface area contributed by atoms with Crippen LogP contribution in [0.25, 0.3) is 10.9 Å². The Morgan fingerprint density at radius 3 is 2.45 bits per heavy atom. The van der Waals surface area contributed by atoms with Gasteiger partial charge in [-0.1, -0.05) is 12.1 Å². The lowest BCUT2D eigenvalue weighted by Gasteiger charge is -2.27. The van der Waals surface area contributed by atoms with Crippen LogP contribution in [0.15, 0.2) is 60.8 Å². The number of hydrogen-bond acceptors (Lipinski definition) is 7. The van der Waals surface area contributed by atoms with Gasteiger partial charge < -0.3 is 34.3 Å². The molecule has 1 atom stereocenters. The van der Waals surface area contributed by atoms with E-state index in [0.29, 0.717) is 60.3 Å². The molecule has 2 aliphatic rings. The Kier molecular flexibility index (Phi) is 7.91. The van der Waals surface area contributed by atoms with Crippen molar-refractivity contribution >= 4 is 22.6 Å². The van der Waals surface area contributed by atoms with E-state index in [1.807, 2.05) is 0 Å². The molecule has 42 heavy (non-hydrogen) atoms. The van der Waals surface area contributed by atoms with Crippen LogP contribution in [0.5, 0.6) is 28.7 Å². The summed E-state index contributed by atoms with van der Waals surface area (Å²) < 4.78 is 58.0. The number of ether oxygens (including phenoxy) is 5. The SMILES string of the molecule is C[C@H](NC(=O)Nc1ccc(Oc2ccnc3cc(OC4CCOCC4)c4c(c23)OCCO4)c(F)c1)c1ccc(F)cc1. The molecule has 0 aliphatic carbocycles. The Morgan fingerprint density at radius 1 is 0.929 bits per heavy atom. The first-order chi connectivity index (χ1) is 20.4. The molecule has 218 valence electrons. The molecule has 6 rings (SSSR count). The summed E-state index contributed by atoms with van der Waals surface area (Å²) in [5.74, 6) is 0.634. The van der Waals surface area contributed by atoms with Crippen molar-refractivity contribution in [2.24, 2.45) is 0 Å². The van der Waals surface area contributed by atoms with Crippen molar-refractivity contribution in [2.75, 3.05) is 31.7 Å². The average Bonchev–Trinajstić information content (AvgIpc) is 2.99. The van der Waals surface area contributed by atoms with E-state index in [9.17, 15) is 9.18 Å². The number of hydrogen-bond donors (Lipinski definition) is 2. The van der Waals surface area contributed by atoms with E-state index in [1.54, 1.807) is 37.4 Å². The zero-order valence-corrected chi connectivity index (χ0v) is 22.8. The third kappa shape index (κ3) is 6.01. The molecular weight excluding hydrogens is 548 g/mol. The number of amides is 2. The Balaban J connectivity index is 1.20. The van der Waals surface area contributed by atoms with Crippen molar-refractivity contribution in [1.82, 2.24) is 10.3 Å². The number of nitrogens with zero attached hydrogens (tertiary/aromatic N) is 1. The summed E-state index contributed by atoms with van der Waals surface area (Å²) in [6.07, 6.45) is 3.08. The summed E-state index contributed by atoms with van der Waals surface area (Å²) >= 11 is 0. The molecule has 0 unspecified atom stereocenters. The van der Waals surface area contributed by atoms with E-state index >= 15 is 4.39 Å². The highest BCUT2D eigenvalue weighted by atomic mass is 19.1. The molecule has 0 radical (unpaired) electrons. The van der Waals surface area contributed by atoms with Crippen molar-refractivity contribution in [2.45, 2.75) is 31.9 Å². The number of carbonyl (C=O) groups excluding carboxylic acids is 1. The minimum Gasteiger partial charge on any atom is -0.486 e. The highest BCUT2D eigenvalue weighted by molar-refractivity contribution is 5.95. The van der Waals surface area contributed by atoms with Gasteiger partial charge in [0.25, 0.3) is 0 Å². The monoisotopic (exact) mass is 577 g/mol. The lowest BCUT2D eigenvalue weighted by molar-refractivity contribution is 0.0234. The predicted octanol–water partition coefficient (Wildman–Crippen LogP) is 6.52. The quantitative estimate of drug-likeness (QED) is 0.258. The molecule has 11 heteroatoms. The molecule has 0 spiro atoms. The van der Waals surface area contributed by atoms with E-state index in [4.69, 9.17) is 23.7 Å². The molecule has 2 aliphatic heterocycles. The molecule has 3 aromatic carbocycles. The molecule has 2 N–H and O–H groups in total. The summed E-state index contributed by atoms with van der Waals surface area (Å²) in [6.45, 7) is 3.71. The minimum absolute atomic E-state index is 0.0142. The Morgan fingerprint density at radius 2 is 1.69 bits per heavy atom. The number of benzene rings is 3. The average molecular weight is 578 g/mol. The van der Waals surface area contributed by atoms with E-state index in [2.05, 4.69) is 15.6 Å². The van der Waals surface area contributed by atoms with Crippen LogP contribution >= 0.6 is 0 Å². The summed E-state index contributed by atoms with van der Waals surface area (Å²) in [7, 11) is 0. The van der Waals surface area contributed by atoms with Gasteiger partial charge in [0.15, 0.2) is 23.1 Å². The Hall–Kier alpha value is -4.64. The van der Waals surface area contributed by atoms with E-state index in [-0.39, 0.29) is 23.4 Å². The van der Waals surface area contributed by atoms with Crippen LogP contribution < -0.4 is 29.6 Å². The first-order valence-corrected chi connectivity index (χ1v) is 13.7. The lowest BCUT2D eigenvalue weighted by atomic mass is 10.1. The molecule has 1 saturated heterocycles. The predicted molar refractivity (Wildman–Crippen MR) is 151 cm³/mol. The van der Waals surface area contributed by atoms with Gasteiger partial charge in [-0.25, -0.2) is 13.6 Å². The van der Waals surface area contributed by atoms with Gasteiger partial charge in [-0.15, -0.1) is 0 Å². The number of anilines is 1. The molecular formula is C31H29F2N3O6. The van der Waals surface area contributed by atoms with Gasteiger partial charge >= 0.3 is 6.03 Å². The second kappa shape index (κ2) is 12.1. The smallest absolute Gasteiger partial charge is 0.319 e. The first-order valence-electron chi connectivity index (χ1n) is 13.7. The van der Waals surface area contributed by atoms with Crippen LogP contribution in [0.3, 0.4) is 0 Å². The van der Waals surface area contributed by atoms with Gasteiger partial charge in [-0.3, -0.25) is 4.98 Å². The maximum Gasteiger partial charge on any atom is 0.319 e. The molecule has 0 bridgehead atoms. The van der Waals surface area contributed by atoms with Crippen molar-refractivity contribution in [3.05, 3.63) is 78.0 Å². The van der Waals surface area contributed by atoms with Crippen LogP contribution in [0, 0.1) is 11.6 Å². The largest absolute Gasteiger partial charge is 0.486 e. The number of nitrogens with one attached hydrogen (secondary N) is 2. The van der Waals surface area contributed by atoms with Gasteiger partial charge in [0.05, 0.1) is 30.2 Å². The molecule has 9 nitrogen and oxygen atoms in total. The van der Waals surface area contributed by atoms with Gasteiger partial charge in [0, 0.05) is 36.9 Å². The highest BCUT2D eigenvalue weighted by Gasteiger charge is 2.27. The van der Waals surface area contributed by atoms with E-state index in [1.165, 1.54) is 24.3 Å². The number of rotatable bonds is 7. The zero-order valence-electron chi connectivity index (χ0n) is 22.8. The maximum atomic E-state index is 15.2. The van der Waals surface area contributed by atoms with Crippen LogP contribution in [-0.2, 0) is 4.74 Å². The van der Waals surface area contributed by atoms with Crippen LogP contribution in [-0.4, -0.2) is 43.5 Å². The summed E-state index contributed by atoms with van der Waals surface area (Å²) in [4.78, 5) is 17.0. The molecule has 1 aromatic heterocycles. The van der Waals surface area contributed by atoms with Gasteiger partial charge in [0.1, 0.15) is 30.9 Å². The number of halogens is 2. The number of carbonyl (C=O) groups is 1. The van der Waals surface area contributed by atoms with Crippen LogP contribution in [0.1, 0.15) is 31.4 Å². The highest BCUT2D eigenvalue weighted by Crippen LogP contribution is 2.49. The Bertz CT molecular complexity index is 1590. The second-order valence-electron chi connectivity index (χ2n) is 9.98. The van der Waals surface area contributed by atoms with Crippen molar-refractivity contribution in [3.63, 3.8) is 0 Å². The summed E-state index contributed by atoms with van der Waals surface area (Å²) in [6, 6.07) is 12.4. The van der Waals surface area contributed by atoms with Crippen molar-refractivity contribution in [1.29, 1.82) is 0 Å². The molecule has 3 heterocycles. The lowest BCUT2D eigenvalue weighted by Crippen LogP contribution is -2.31. The van der Waals surface area contributed by atoms with Crippen LogP contribution in [0.4, 0.5) is 19.3 Å². The fraction of sp³-hybridized carbons (Fsp3) is 0.290. The standard InChI is InChI=1S/C31H29F2N3O6/c1-18(19-2-4-20(32)5-3-19)35-31(37)36-21-6-7-25(23(33)16-21)42-26-8-11-34-24-17-27(41-22-9-12-38-13-10-22)29-30(28(24)26)40-15-14-39-29/h2-8,11,16-18,22H,9-10,12-15H2,1H3,(H2,35,36,37)/t18-/m0/s1. The van der Waals surface area contributed by atoms with Gasteiger partial charge in [0.2, 0.25) is 5.75 Å². The fourth-order valence-electron chi connectivity index (χ4n) is 4.90. The summed E-state index contributed by atoms with van der Waals surface area (Å²) in [5, 5.41) is 5.88. The fourth-order valence-corrected chi connectivity index (χ4v) is 4.90. The van der Waals surface area contributed by atoms with E-state index in [0.717, 1.165) is 24.5 Å². The third-order valence-corrected chi connectivity index (χ3v) is 7.03. The van der Waals surface area contributed by atoms with Crippen LogP contribution in [0.2, 0.25) is 0 Å². The van der Waals surface area contributed by atoms with Crippen molar-refractivity contribution in [3.8, 4) is 28.7 Å². The number of aromatic nitrogens is 1. The molecule has 1 fully saturated rings. The van der Waals surface area contributed by atoms with Crippen molar-refractivity contribution < 1.29 is 37.3 Å². The third-order valence-electron chi connectivity index (χ3n) is 7.03. The minimum atomic E-state index is -0.685. The molecule has 2 amide bonds.